The van der Waals surface area contributed by atoms with Crippen LogP contribution in [0.2, 0.25) is 0 Å². The van der Waals surface area contributed by atoms with E-state index in [1.54, 1.807) is 0 Å². The number of nitrogens with zero attached hydrogens (tertiary/aromatic N) is 1. The summed E-state index contributed by atoms with van der Waals surface area (Å²) >= 11 is 0. The van der Waals surface area contributed by atoms with Crippen molar-refractivity contribution in [2.75, 3.05) is 13.2 Å². The van der Waals surface area contributed by atoms with Crippen molar-refractivity contribution in [2.45, 2.75) is 71.1 Å². The van der Waals surface area contributed by atoms with Crippen molar-refractivity contribution in [3.8, 4) is 0 Å². The SMILES string of the molecule is CCCCOC(=O)[C@H](CC(C)C)NC(=O)[C@@H]1CCCN1C(=O)C(F)(F)F. The highest BCUT2D eigenvalue weighted by Gasteiger charge is 2.48. The minimum absolute atomic E-state index is 0.0653. The third kappa shape index (κ3) is 6.49. The molecule has 0 spiro atoms. The average Bonchev–Trinajstić information content (AvgIpc) is 3.01. The summed E-state index contributed by atoms with van der Waals surface area (Å²) in [5, 5.41) is 2.48. The number of carbonyl (C=O) groups excluding carboxylic acids is 3. The van der Waals surface area contributed by atoms with E-state index in [9.17, 15) is 27.6 Å². The standard InChI is InChI=1S/C17H27F3N2O4/c1-4-5-9-26-15(24)12(10-11(2)3)21-14(23)13-7-6-8-22(13)16(25)17(18,19)20/h11-13H,4-10H2,1-3H3,(H,21,23)/t12-,13-/m0/s1. The molecule has 0 bridgehead atoms. The quantitative estimate of drug-likeness (QED) is 0.518. The molecule has 1 fully saturated rings. The van der Waals surface area contributed by atoms with Gasteiger partial charge in [0.25, 0.3) is 0 Å². The summed E-state index contributed by atoms with van der Waals surface area (Å²) in [6, 6.07) is -2.16. The normalized spacial score (nSPS) is 18.7. The summed E-state index contributed by atoms with van der Waals surface area (Å²) in [4.78, 5) is 36.6. The highest BCUT2D eigenvalue weighted by molar-refractivity contribution is 5.92. The van der Waals surface area contributed by atoms with Gasteiger partial charge in [-0.3, -0.25) is 9.59 Å². The summed E-state index contributed by atoms with van der Waals surface area (Å²) < 4.78 is 43.2. The van der Waals surface area contributed by atoms with Gasteiger partial charge in [-0.2, -0.15) is 13.2 Å². The zero-order valence-electron chi connectivity index (χ0n) is 15.4. The number of rotatable bonds is 8. The molecule has 0 saturated carbocycles. The van der Waals surface area contributed by atoms with Crippen LogP contribution in [0.15, 0.2) is 0 Å². The smallest absolute Gasteiger partial charge is 0.464 e. The molecule has 0 unspecified atom stereocenters. The van der Waals surface area contributed by atoms with Crippen LogP contribution in [-0.2, 0) is 19.1 Å². The predicted octanol–water partition coefficient (Wildman–Crippen LogP) is 2.41. The van der Waals surface area contributed by atoms with Gasteiger partial charge in [-0.15, -0.1) is 0 Å². The molecule has 2 atom stereocenters. The van der Waals surface area contributed by atoms with E-state index < -0.39 is 36.0 Å². The first kappa shape index (κ1) is 22.2. The summed E-state index contributed by atoms with van der Waals surface area (Å²) in [6.07, 6.45) is -2.77. The first-order valence-corrected chi connectivity index (χ1v) is 8.92. The summed E-state index contributed by atoms with van der Waals surface area (Å²) in [5.41, 5.74) is 0. The number of ether oxygens (including phenoxy) is 1. The van der Waals surface area contributed by atoms with Crippen molar-refractivity contribution in [1.29, 1.82) is 0 Å². The molecule has 1 aliphatic rings. The highest BCUT2D eigenvalue weighted by atomic mass is 19.4. The summed E-state index contributed by atoms with van der Waals surface area (Å²) in [7, 11) is 0. The van der Waals surface area contributed by atoms with Crippen LogP contribution >= 0.6 is 0 Å². The van der Waals surface area contributed by atoms with Gasteiger partial charge >= 0.3 is 18.1 Å². The second-order valence-electron chi connectivity index (χ2n) is 6.87. The Kier molecular flexibility index (Phi) is 8.36. The van der Waals surface area contributed by atoms with Gasteiger partial charge in [0.2, 0.25) is 5.91 Å². The van der Waals surface area contributed by atoms with Gasteiger partial charge in [0, 0.05) is 6.54 Å². The van der Waals surface area contributed by atoms with E-state index in [0.717, 1.165) is 6.42 Å². The number of alkyl halides is 3. The van der Waals surface area contributed by atoms with Gasteiger partial charge in [0.15, 0.2) is 0 Å². The van der Waals surface area contributed by atoms with E-state index in [-0.39, 0.29) is 25.5 Å². The topological polar surface area (TPSA) is 75.7 Å². The monoisotopic (exact) mass is 380 g/mol. The van der Waals surface area contributed by atoms with Gasteiger partial charge in [-0.25, -0.2) is 4.79 Å². The second kappa shape index (κ2) is 9.78. The van der Waals surface area contributed by atoms with Gasteiger partial charge < -0.3 is 15.0 Å². The molecular weight excluding hydrogens is 353 g/mol. The predicted molar refractivity (Wildman–Crippen MR) is 88.0 cm³/mol. The summed E-state index contributed by atoms with van der Waals surface area (Å²) in [6.45, 7) is 5.74. The second-order valence-corrected chi connectivity index (χ2v) is 6.87. The Hall–Kier alpha value is -1.80. The molecule has 0 aromatic rings. The Morgan fingerprint density at radius 2 is 1.92 bits per heavy atom. The van der Waals surface area contributed by atoms with Gasteiger partial charge in [-0.05, 0) is 31.6 Å². The number of unbranched alkanes of at least 4 members (excludes halogenated alkanes) is 1. The Labute approximate surface area is 151 Å². The number of likely N-dealkylation sites (tertiary alicyclic amines) is 1. The maximum atomic E-state index is 12.7. The van der Waals surface area contributed by atoms with Crippen LogP contribution in [0, 0.1) is 5.92 Å². The van der Waals surface area contributed by atoms with E-state index in [1.165, 1.54) is 0 Å². The number of amides is 2. The van der Waals surface area contributed by atoms with E-state index in [1.807, 2.05) is 20.8 Å². The van der Waals surface area contributed by atoms with Crippen LogP contribution in [0.1, 0.15) is 52.9 Å². The molecule has 1 N–H and O–H groups in total. The Morgan fingerprint density at radius 1 is 1.27 bits per heavy atom. The summed E-state index contributed by atoms with van der Waals surface area (Å²) in [5.74, 6) is -3.32. The molecule has 26 heavy (non-hydrogen) atoms. The third-order valence-corrected chi connectivity index (χ3v) is 4.11. The first-order valence-electron chi connectivity index (χ1n) is 8.92. The maximum absolute atomic E-state index is 12.7. The Morgan fingerprint density at radius 3 is 2.46 bits per heavy atom. The van der Waals surface area contributed by atoms with Crippen LogP contribution in [0.4, 0.5) is 13.2 Å². The van der Waals surface area contributed by atoms with Gasteiger partial charge in [-0.1, -0.05) is 27.2 Å². The molecule has 6 nitrogen and oxygen atoms in total. The molecule has 1 aliphatic heterocycles. The number of hydrogen-bond donors (Lipinski definition) is 1. The minimum Gasteiger partial charge on any atom is -0.464 e. The van der Waals surface area contributed by atoms with Crippen LogP contribution in [-0.4, -0.2) is 54.1 Å². The lowest BCUT2D eigenvalue weighted by molar-refractivity contribution is -0.186. The fourth-order valence-electron chi connectivity index (χ4n) is 2.82. The zero-order chi connectivity index (χ0) is 19.9. The van der Waals surface area contributed by atoms with E-state index in [2.05, 4.69) is 5.32 Å². The number of halogens is 3. The molecule has 0 aromatic heterocycles. The molecule has 1 rings (SSSR count). The van der Waals surface area contributed by atoms with Crippen molar-refractivity contribution >= 4 is 17.8 Å². The van der Waals surface area contributed by atoms with Crippen LogP contribution in [0.25, 0.3) is 0 Å². The molecule has 9 heteroatoms. The van der Waals surface area contributed by atoms with Crippen molar-refractivity contribution in [2.24, 2.45) is 5.92 Å². The molecule has 1 heterocycles. The number of nitrogens with one attached hydrogen (secondary N) is 1. The number of carbonyl (C=O) groups is 3. The lowest BCUT2D eigenvalue weighted by Gasteiger charge is -2.27. The third-order valence-electron chi connectivity index (χ3n) is 4.11. The van der Waals surface area contributed by atoms with Crippen molar-refractivity contribution in [1.82, 2.24) is 10.2 Å². The Balaban J connectivity index is 2.78. The number of hydrogen-bond acceptors (Lipinski definition) is 4. The molecule has 2 amide bonds. The van der Waals surface area contributed by atoms with Gasteiger partial charge in [0.05, 0.1) is 6.61 Å². The fraction of sp³-hybridized carbons (Fsp3) is 0.824. The largest absolute Gasteiger partial charge is 0.471 e. The molecule has 0 radical (unpaired) electrons. The maximum Gasteiger partial charge on any atom is 0.471 e. The van der Waals surface area contributed by atoms with Crippen molar-refractivity contribution in [3.05, 3.63) is 0 Å². The molecule has 150 valence electrons. The number of esters is 1. The van der Waals surface area contributed by atoms with E-state index >= 15 is 0 Å². The van der Waals surface area contributed by atoms with Crippen LogP contribution in [0.5, 0.6) is 0 Å². The lowest BCUT2D eigenvalue weighted by Crippen LogP contribution is -2.53. The van der Waals surface area contributed by atoms with E-state index in [4.69, 9.17) is 4.74 Å². The fourth-order valence-corrected chi connectivity index (χ4v) is 2.82. The molecule has 1 saturated heterocycles. The zero-order valence-corrected chi connectivity index (χ0v) is 15.4. The highest BCUT2D eigenvalue weighted by Crippen LogP contribution is 2.26. The minimum atomic E-state index is -5.03. The van der Waals surface area contributed by atoms with E-state index in [0.29, 0.717) is 24.2 Å². The molecular formula is C17H27F3N2O4. The Bertz CT molecular complexity index is 509. The molecule has 0 aromatic carbocycles. The van der Waals surface area contributed by atoms with Crippen LogP contribution in [0.3, 0.4) is 0 Å². The van der Waals surface area contributed by atoms with Crippen molar-refractivity contribution < 1.29 is 32.3 Å². The lowest BCUT2D eigenvalue weighted by atomic mass is 10.0. The molecule has 0 aliphatic carbocycles. The van der Waals surface area contributed by atoms with Crippen LogP contribution < -0.4 is 5.32 Å². The first-order chi connectivity index (χ1) is 12.1. The van der Waals surface area contributed by atoms with Gasteiger partial charge in [0.1, 0.15) is 12.1 Å². The van der Waals surface area contributed by atoms with Crippen molar-refractivity contribution in [3.63, 3.8) is 0 Å². The average molecular weight is 380 g/mol.